The van der Waals surface area contributed by atoms with E-state index in [1.165, 1.54) is 251 Å². The van der Waals surface area contributed by atoms with E-state index in [-0.39, 0.29) is 42.0 Å². The number of fused-ring (bicyclic) bond motifs is 2. The number of hydrogen-bond acceptors (Lipinski definition) is 0. The molecule has 0 spiro atoms. The van der Waals surface area contributed by atoms with Crippen LogP contribution in [0.25, 0.3) is 21.5 Å². The average Bonchev–Trinajstić information content (AvgIpc) is 3.44. The van der Waals surface area contributed by atoms with E-state index in [4.69, 9.17) is 15.7 Å². The van der Waals surface area contributed by atoms with Crippen LogP contribution in [0.5, 0.6) is 0 Å². The van der Waals surface area contributed by atoms with Crippen LogP contribution in [-0.4, -0.2) is 65.9 Å². The Morgan fingerprint density at radius 2 is 0.500 bits per heavy atom. The van der Waals surface area contributed by atoms with Gasteiger partial charge in [-0.2, -0.15) is 0 Å². The molecule has 6 heteroatoms. The summed E-state index contributed by atoms with van der Waals surface area (Å²) in [6.07, 6.45) is 46.1. The van der Waals surface area contributed by atoms with Gasteiger partial charge >= 0.3 is 29.6 Å². The molecule has 4 radical (unpaired) electrons. The zero-order chi connectivity index (χ0) is 56.0. The molecule has 0 fully saturated rings. The summed E-state index contributed by atoms with van der Waals surface area (Å²) in [6.45, 7) is 9.42. The molecule has 0 bridgehead atoms. The molecule has 0 saturated carbocycles. The quantitative estimate of drug-likeness (QED) is 0.0206. The van der Waals surface area contributed by atoms with Crippen LogP contribution >= 0.6 is 0 Å². The Kier molecular flexibility index (Phi) is 46.6. The van der Waals surface area contributed by atoms with Crippen molar-refractivity contribution in [2.45, 2.75) is 232 Å². The van der Waals surface area contributed by atoms with Crippen molar-refractivity contribution >= 4 is 48.2 Å². The molecule has 432 valence electrons. The van der Waals surface area contributed by atoms with E-state index in [2.05, 4.69) is 127 Å². The van der Waals surface area contributed by atoms with Crippen molar-refractivity contribution in [2.75, 3.05) is 41.3 Å². The number of quaternary nitrogens is 2. The Morgan fingerprint density at radius 1 is 0.275 bits per heavy atom. The van der Waals surface area contributed by atoms with Gasteiger partial charge in [-0.3, -0.25) is 0 Å². The molecule has 0 aliphatic heterocycles. The summed E-state index contributed by atoms with van der Waals surface area (Å²) in [7, 11) is 20.3. The third-order valence-corrected chi connectivity index (χ3v) is 15.7. The van der Waals surface area contributed by atoms with Gasteiger partial charge in [0.1, 0.15) is 28.8 Å². The molecule has 0 atom stereocenters. The summed E-state index contributed by atoms with van der Waals surface area (Å²) in [5.41, 5.74) is 4.57. The SMILES string of the molecule is CCCCCCCCCCCCCCCCCC[N+](C)(C)Cc1ccc2ccccc2c1.CCCCCCCCCCCCCCCCCC[N+](C)(C)Cc1ccc2ccccc2c1.[B]c1ccccc1.[B]c1ccccc1.[Cl-].[Na+]. The van der Waals surface area contributed by atoms with Crippen molar-refractivity contribution in [3.63, 3.8) is 0 Å². The second kappa shape index (κ2) is 49.6. The van der Waals surface area contributed by atoms with Crippen LogP contribution in [0.3, 0.4) is 0 Å². The third kappa shape index (κ3) is 40.4. The van der Waals surface area contributed by atoms with Gasteiger partial charge in [0.2, 0.25) is 0 Å². The predicted molar refractivity (Wildman–Crippen MR) is 352 cm³/mol. The van der Waals surface area contributed by atoms with Gasteiger partial charge in [-0.05, 0) is 59.4 Å². The molecule has 6 aromatic rings. The van der Waals surface area contributed by atoms with Gasteiger partial charge in [-0.15, -0.1) is 0 Å². The molecular weight excluding hydrogens is 997 g/mol. The molecule has 6 aromatic carbocycles. The van der Waals surface area contributed by atoms with E-state index < -0.39 is 0 Å². The van der Waals surface area contributed by atoms with Crippen molar-refractivity contribution in [2.24, 2.45) is 0 Å². The van der Waals surface area contributed by atoms with Gasteiger partial charge in [-0.25, -0.2) is 0 Å². The molecule has 0 saturated heterocycles. The maximum atomic E-state index is 5.36. The van der Waals surface area contributed by atoms with Crippen molar-refractivity contribution in [1.82, 2.24) is 0 Å². The predicted octanol–water partition coefficient (Wildman–Crippen LogP) is 14.3. The van der Waals surface area contributed by atoms with Gasteiger partial charge in [0.05, 0.1) is 41.3 Å². The smallest absolute Gasteiger partial charge is 1.00 e. The Hall–Kier alpha value is -2.82. The Labute approximate surface area is 525 Å². The van der Waals surface area contributed by atoms with Crippen LogP contribution in [0.15, 0.2) is 146 Å². The summed E-state index contributed by atoms with van der Waals surface area (Å²) >= 11 is 0. The molecule has 0 aliphatic rings. The molecule has 0 N–H and O–H groups in total. The van der Waals surface area contributed by atoms with Crippen molar-refractivity contribution in [3.05, 3.63) is 157 Å². The molecule has 2 nitrogen and oxygen atoms in total. The molecule has 80 heavy (non-hydrogen) atoms. The number of unbranched alkanes of at least 4 members (excludes halogenated alkanes) is 30. The second-order valence-corrected chi connectivity index (χ2v) is 24.4. The standard InChI is InChI=1S/2C31H52N.2C6H5B.ClH.Na/c2*1-4-5-6-7-8-9-10-11-12-13-14-15-16-17-18-21-26-32(2,3)28-29-24-25-30-22-19-20-23-31(30)27-29;2*7-6-4-2-1-3-5-6;;/h2*19-20,22-25,27H,4-18,21,26,28H2,1-3H3;2*1-5H;1H;/q2*+1;;;;+1/p-1. The van der Waals surface area contributed by atoms with Gasteiger partial charge < -0.3 is 21.4 Å². The first-order chi connectivity index (χ1) is 38.0. The minimum atomic E-state index is 0. The first-order valence-corrected chi connectivity index (χ1v) is 32.2. The van der Waals surface area contributed by atoms with Gasteiger partial charge in [0.25, 0.3) is 0 Å². The zero-order valence-corrected chi connectivity index (χ0v) is 55.5. The number of benzene rings is 6. The summed E-state index contributed by atoms with van der Waals surface area (Å²) < 4.78 is 2.19. The van der Waals surface area contributed by atoms with Gasteiger partial charge in [0, 0.05) is 11.1 Å². The summed E-state index contributed by atoms with van der Waals surface area (Å²) in [5, 5.41) is 5.43. The van der Waals surface area contributed by atoms with E-state index in [0.717, 1.165) is 33.0 Å². The molecule has 6 rings (SSSR count). The van der Waals surface area contributed by atoms with Crippen LogP contribution in [0, 0.1) is 0 Å². The molecule has 0 aliphatic carbocycles. The maximum Gasteiger partial charge on any atom is 1.00 e. The topological polar surface area (TPSA) is 0 Å². The van der Waals surface area contributed by atoms with E-state index >= 15 is 0 Å². The van der Waals surface area contributed by atoms with Crippen LogP contribution in [0.2, 0.25) is 0 Å². The number of nitrogens with zero attached hydrogens (tertiary/aromatic N) is 2. The number of halogens is 1. The van der Waals surface area contributed by atoms with Crippen LogP contribution in [-0.2, 0) is 13.1 Å². The Morgan fingerprint density at radius 3 is 0.738 bits per heavy atom. The van der Waals surface area contributed by atoms with E-state index in [1.54, 1.807) is 0 Å². The molecule has 0 unspecified atom stereocenters. The van der Waals surface area contributed by atoms with Crippen molar-refractivity contribution in [1.29, 1.82) is 0 Å². The van der Waals surface area contributed by atoms with Gasteiger partial charge in [0.15, 0.2) is 0 Å². The fraction of sp³-hybridized carbons (Fsp3) is 0.568. The minimum Gasteiger partial charge on any atom is -1.00 e. The maximum absolute atomic E-state index is 5.36. The zero-order valence-electron chi connectivity index (χ0n) is 52.7. The minimum absolute atomic E-state index is 0. The fourth-order valence-electron chi connectivity index (χ4n) is 10.9. The summed E-state index contributed by atoms with van der Waals surface area (Å²) in [5.74, 6) is 0. The Balaban J connectivity index is 0.000000627. The van der Waals surface area contributed by atoms with E-state index in [0.29, 0.717) is 0 Å². The largest absolute Gasteiger partial charge is 1.00 e. The molecule has 0 aromatic heterocycles. The average molecular weight is 1110 g/mol. The number of rotatable bonds is 38. The van der Waals surface area contributed by atoms with Crippen molar-refractivity contribution < 1.29 is 50.9 Å². The van der Waals surface area contributed by atoms with Crippen LogP contribution in [0.4, 0.5) is 0 Å². The van der Waals surface area contributed by atoms with Crippen LogP contribution < -0.4 is 52.9 Å². The molecule has 0 amide bonds. The first kappa shape index (κ1) is 75.2. The molecule has 0 heterocycles. The van der Waals surface area contributed by atoms with Crippen molar-refractivity contribution in [3.8, 4) is 0 Å². The number of hydrogen-bond donors (Lipinski definition) is 0. The fourth-order valence-corrected chi connectivity index (χ4v) is 10.9. The third-order valence-electron chi connectivity index (χ3n) is 15.7. The Bertz CT molecular complexity index is 2140. The normalized spacial score (nSPS) is 11.1. The summed E-state index contributed by atoms with van der Waals surface area (Å²) in [4.78, 5) is 0. The monoisotopic (exact) mass is 1110 g/mol. The first-order valence-electron chi connectivity index (χ1n) is 32.2. The molecular formula is C74H114B2ClN2Na+2. The summed E-state index contributed by atoms with van der Waals surface area (Å²) in [6, 6.07) is 50.3. The van der Waals surface area contributed by atoms with Crippen LogP contribution in [0.1, 0.15) is 230 Å². The van der Waals surface area contributed by atoms with Gasteiger partial charge in [-0.1, -0.05) is 338 Å². The van der Waals surface area contributed by atoms with E-state index in [9.17, 15) is 0 Å². The second-order valence-electron chi connectivity index (χ2n) is 24.4. The van der Waals surface area contributed by atoms with E-state index in [1.807, 2.05) is 60.7 Å².